The Labute approximate surface area is 178 Å². The summed E-state index contributed by atoms with van der Waals surface area (Å²) < 4.78 is 1.55. The number of nitrogens with zero attached hydrogens (tertiary/aromatic N) is 3. The number of carbonyl (C=O) groups is 1. The van der Waals surface area contributed by atoms with Gasteiger partial charge < -0.3 is 10.0 Å². The summed E-state index contributed by atoms with van der Waals surface area (Å²) in [5, 5.41) is 12.7. The van der Waals surface area contributed by atoms with Crippen LogP contribution >= 0.6 is 11.3 Å². The van der Waals surface area contributed by atoms with Crippen molar-refractivity contribution in [3.05, 3.63) is 51.9 Å². The normalized spacial score (nSPS) is 23.3. The van der Waals surface area contributed by atoms with Gasteiger partial charge in [0.15, 0.2) is 0 Å². The fraction of sp³-hybridized carbons (Fsp3) is 0.435. The third kappa shape index (κ3) is 3.36. The van der Waals surface area contributed by atoms with Crippen LogP contribution in [0.5, 0.6) is 0 Å². The molecule has 1 N–H and O–H groups in total. The van der Waals surface area contributed by atoms with Gasteiger partial charge in [0.25, 0.3) is 5.56 Å². The summed E-state index contributed by atoms with van der Waals surface area (Å²) in [6, 6.07) is 8.12. The Morgan fingerprint density at radius 1 is 1.23 bits per heavy atom. The fourth-order valence-electron chi connectivity index (χ4n) is 4.89. The van der Waals surface area contributed by atoms with Crippen molar-refractivity contribution in [3.8, 4) is 11.1 Å². The highest BCUT2D eigenvalue weighted by Gasteiger charge is 2.43. The van der Waals surface area contributed by atoms with E-state index in [1.54, 1.807) is 10.9 Å². The van der Waals surface area contributed by atoms with Gasteiger partial charge in [0.05, 0.1) is 17.8 Å². The lowest BCUT2D eigenvalue weighted by Crippen LogP contribution is -2.32. The zero-order valence-electron chi connectivity index (χ0n) is 17.0. The predicted octanol–water partition coefficient (Wildman–Crippen LogP) is 3.05. The summed E-state index contributed by atoms with van der Waals surface area (Å²) in [6.07, 6.45) is 3.39. The first-order valence-corrected chi connectivity index (χ1v) is 11.4. The van der Waals surface area contributed by atoms with Crippen LogP contribution in [0, 0.1) is 18.8 Å². The Hall–Kier alpha value is -2.51. The number of aliphatic hydroxyl groups is 1. The molecular weight excluding hydrogens is 398 g/mol. The van der Waals surface area contributed by atoms with E-state index in [2.05, 4.69) is 4.98 Å². The topological polar surface area (TPSA) is 75.4 Å². The molecule has 0 radical (unpaired) electrons. The molecule has 1 aliphatic heterocycles. The van der Waals surface area contributed by atoms with Crippen LogP contribution in [0.3, 0.4) is 0 Å². The number of likely N-dealkylation sites (tertiary alicyclic amines) is 1. The second-order valence-corrected chi connectivity index (χ2v) is 9.41. The SMILES string of the molecule is Cc1ccc(-c2csc3ncn(CCC(=O)N4C[C@@H]5CC[C@@H](O)[C@H]5C4)c(=O)c23)cc1. The molecule has 3 heterocycles. The van der Waals surface area contributed by atoms with Crippen molar-refractivity contribution in [2.45, 2.75) is 38.8 Å². The maximum Gasteiger partial charge on any atom is 0.262 e. The maximum absolute atomic E-state index is 13.2. The van der Waals surface area contributed by atoms with E-state index in [0.717, 1.165) is 35.3 Å². The number of aromatic nitrogens is 2. The van der Waals surface area contributed by atoms with Crippen molar-refractivity contribution >= 4 is 27.5 Å². The Morgan fingerprint density at radius 3 is 2.80 bits per heavy atom. The minimum atomic E-state index is -0.277. The number of aryl methyl sites for hydroxylation is 2. The molecule has 156 valence electrons. The minimum absolute atomic E-state index is 0.0488. The molecule has 2 aliphatic rings. The Bertz CT molecular complexity index is 1150. The molecule has 0 unspecified atom stereocenters. The highest BCUT2D eigenvalue weighted by atomic mass is 32.1. The summed E-state index contributed by atoms with van der Waals surface area (Å²) in [5.74, 6) is 0.692. The van der Waals surface area contributed by atoms with E-state index in [1.807, 2.05) is 41.5 Å². The van der Waals surface area contributed by atoms with E-state index < -0.39 is 0 Å². The van der Waals surface area contributed by atoms with E-state index in [-0.39, 0.29) is 29.9 Å². The quantitative estimate of drug-likeness (QED) is 0.700. The first-order chi connectivity index (χ1) is 14.5. The number of aliphatic hydroxyl groups excluding tert-OH is 1. The molecule has 1 aliphatic carbocycles. The predicted molar refractivity (Wildman–Crippen MR) is 117 cm³/mol. The molecule has 6 nitrogen and oxygen atoms in total. The van der Waals surface area contributed by atoms with Crippen molar-refractivity contribution in [2.24, 2.45) is 11.8 Å². The van der Waals surface area contributed by atoms with Gasteiger partial charge in [-0.1, -0.05) is 29.8 Å². The Balaban J connectivity index is 1.34. The Kier molecular flexibility index (Phi) is 4.95. The lowest BCUT2D eigenvalue weighted by molar-refractivity contribution is -0.130. The fourth-order valence-corrected chi connectivity index (χ4v) is 5.79. The van der Waals surface area contributed by atoms with Crippen LogP contribution < -0.4 is 5.56 Å². The smallest absolute Gasteiger partial charge is 0.262 e. The second-order valence-electron chi connectivity index (χ2n) is 8.56. The van der Waals surface area contributed by atoms with Gasteiger partial charge in [-0.05, 0) is 31.2 Å². The van der Waals surface area contributed by atoms with Crippen molar-refractivity contribution in [1.82, 2.24) is 14.5 Å². The highest BCUT2D eigenvalue weighted by molar-refractivity contribution is 7.17. The van der Waals surface area contributed by atoms with E-state index >= 15 is 0 Å². The first-order valence-electron chi connectivity index (χ1n) is 10.5. The number of hydrogen-bond acceptors (Lipinski definition) is 5. The number of thiophene rings is 1. The lowest BCUT2D eigenvalue weighted by Gasteiger charge is -2.18. The molecule has 1 saturated heterocycles. The van der Waals surface area contributed by atoms with Crippen LogP contribution in [0.15, 0.2) is 40.8 Å². The molecule has 5 rings (SSSR count). The molecule has 1 aromatic carbocycles. The summed E-state index contributed by atoms with van der Waals surface area (Å²) in [4.78, 5) is 32.9. The Morgan fingerprint density at radius 2 is 2.03 bits per heavy atom. The van der Waals surface area contributed by atoms with Gasteiger partial charge in [-0.15, -0.1) is 11.3 Å². The van der Waals surface area contributed by atoms with Gasteiger partial charge in [0, 0.05) is 42.9 Å². The molecule has 2 aromatic heterocycles. The molecular formula is C23H25N3O3S. The monoisotopic (exact) mass is 423 g/mol. The molecule has 1 saturated carbocycles. The number of rotatable bonds is 4. The summed E-state index contributed by atoms with van der Waals surface area (Å²) in [7, 11) is 0. The van der Waals surface area contributed by atoms with Gasteiger partial charge in [-0.25, -0.2) is 4.98 Å². The van der Waals surface area contributed by atoms with Crippen LogP contribution in [0.2, 0.25) is 0 Å². The van der Waals surface area contributed by atoms with E-state index in [0.29, 0.717) is 24.4 Å². The lowest BCUT2D eigenvalue weighted by atomic mass is 10.00. The van der Waals surface area contributed by atoms with E-state index in [1.165, 1.54) is 16.9 Å². The summed E-state index contributed by atoms with van der Waals surface area (Å²) >= 11 is 1.47. The standard InChI is InChI=1S/C23H25N3O3S/c1-14-2-4-15(5-3-14)18-12-30-22-21(18)23(29)25(13-24-22)9-8-20(28)26-10-16-6-7-19(27)17(16)11-26/h2-5,12-13,16-17,19,27H,6-11H2,1H3/t16-,17-,19+/m0/s1. The average Bonchev–Trinajstić information content (AvgIpc) is 3.44. The van der Waals surface area contributed by atoms with Gasteiger partial charge in [0.2, 0.25) is 5.91 Å². The molecule has 3 atom stereocenters. The third-order valence-corrected chi connectivity index (χ3v) is 7.55. The van der Waals surface area contributed by atoms with Crippen molar-refractivity contribution in [3.63, 3.8) is 0 Å². The van der Waals surface area contributed by atoms with E-state index in [9.17, 15) is 14.7 Å². The molecule has 7 heteroatoms. The molecule has 0 bridgehead atoms. The largest absolute Gasteiger partial charge is 0.393 e. The number of hydrogen-bond donors (Lipinski definition) is 1. The molecule has 3 aromatic rings. The zero-order valence-corrected chi connectivity index (χ0v) is 17.8. The number of carbonyl (C=O) groups excluding carboxylic acids is 1. The number of amides is 1. The third-order valence-electron chi connectivity index (χ3n) is 6.66. The number of benzene rings is 1. The van der Waals surface area contributed by atoms with Gasteiger partial charge in [-0.3, -0.25) is 14.2 Å². The maximum atomic E-state index is 13.2. The second kappa shape index (κ2) is 7.63. The first kappa shape index (κ1) is 19.5. The molecule has 0 spiro atoms. The van der Waals surface area contributed by atoms with Crippen molar-refractivity contribution in [1.29, 1.82) is 0 Å². The van der Waals surface area contributed by atoms with Crippen molar-refractivity contribution in [2.75, 3.05) is 13.1 Å². The van der Waals surface area contributed by atoms with Crippen LogP contribution in [-0.4, -0.2) is 44.7 Å². The molecule has 30 heavy (non-hydrogen) atoms. The molecule has 1 amide bonds. The van der Waals surface area contributed by atoms with Crippen LogP contribution in [0.25, 0.3) is 21.3 Å². The van der Waals surface area contributed by atoms with Crippen LogP contribution in [-0.2, 0) is 11.3 Å². The highest BCUT2D eigenvalue weighted by Crippen LogP contribution is 2.38. The van der Waals surface area contributed by atoms with Crippen molar-refractivity contribution < 1.29 is 9.90 Å². The average molecular weight is 424 g/mol. The summed E-state index contributed by atoms with van der Waals surface area (Å²) in [5.41, 5.74) is 2.97. The zero-order chi connectivity index (χ0) is 20.8. The summed E-state index contributed by atoms with van der Waals surface area (Å²) in [6.45, 7) is 3.72. The van der Waals surface area contributed by atoms with E-state index in [4.69, 9.17) is 0 Å². The van der Waals surface area contributed by atoms with Gasteiger partial charge >= 0.3 is 0 Å². The van der Waals surface area contributed by atoms with Gasteiger partial charge in [0.1, 0.15) is 4.83 Å². The molecule has 2 fully saturated rings. The number of fused-ring (bicyclic) bond motifs is 2. The van der Waals surface area contributed by atoms with Crippen LogP contribution in [0.1, 0.15) is 24.8 Å². The minimum Gasteiger partial charge on any atom is -0.393 e. The van der Waals surface area contributed by atoms with Gasteiger partial charge in [-0.2, -0.15) is 0 Å². The van der Waals surface area contributed by atoms with Crippen LogP contribution in [0.4, 0.5) is 0 Å².